The van der Waals surface area contributed by atoms with E-state index >= 15 is 0 Å². The van der Waals surface area contributed by atoms with Crippen molar-refractivity contribution in [3.05, 3.63) is 58.7 Å². The maximum Gasteiger partial charge on any atom is 0.262 e. The Morgan fingerprint density at radius 1 is 1.00 bits per heavy atom. The van der Waals surface area contributed by atoms with Gasteiger partial charge in [-0.15, -0.1) is 0 Å². The number of carbonyl (C=O) groups is 1. The molecule has 0 unspecified atom stereocenters. The van der Waals surface area contributed by atoms with Crippen LogP contribution in [0.1, 0.15) is 27.0 Å². The lowest BCUT2D eigenvalue weighted by Crippen LogP contribution is -2.22. The van der Waals surface area contributed by atoms with Crippen LogP contribution in [-0.2, 0) is 10.0 Å². The molecule has 116 valence electrons. The fourth-order valence-corrected chi connectivity index (χ4v) is 3.51. The maximum absolute atomic E-state index is 12.5. The lowest BCUT2D eigenvalue weighted by atomic mass is 10.1. The number of carbonyl (C=O) groups excluding carboxylic acids is 1. The Hall–Kier alpha value is -2.34. The van der Waals surface area contributed by atoms with Crippen molar-refractivity contribution in [3.8, 4) is 0 Å². The molecule has 0 saturated carbocycles. The van der Waals surface area contributed by atoms with Gasteiger partial charge in [-0.3, -0.25) is 4.72 Å². The van der Waals surface area contributed by atoms with Crippen molar-refractivity contribution in [2.75, 3.05) is 4.72 Å². The van der Waals surface area contributed by atoms with Crippen LogP contribution in [0.4, 0.5) is 5.69 Å². The average molecular weight is 318 g/mol. The van der Waals surface area contributed by atoms with Crippen molar-refractivity contribution in [3.63, 3.8) is 0 Å². The predicted octanol–water partition coefficient (Wildman–Crippen LogP) is 1.78. The molecule has 0 bridgehead atoms. The number of carboxylic acid groups (broad SMARTS) is 1. The third-order valence-corrected chi connectivity index (χ3v) is 4.95. The molecule has 2 aromatic carbocycles. The van der Waals surface area contributed by atoms with Crippen LogP contribution in [0.25, 0.3) is 0 Å². The largest absolute Gasteiger partial charge is 0.545 e. The Bertz CT molecular complexity index is 841. The summed E-state index contributed by atoms with van der Waals surface area (Å²) in [5.74, 6) is -1.36. The molecule has 6 heteroatoms. The number of aromatic carboxylic acids is 1. The molecule has 0 aliphatic heterocycles. The van der Waals surface area contributed by atoms with E-state index in [4.69, 9.17) is 0 Å². The molecule has 0 radical (unpaired) electrons. The highest BCUT2D eigenvalue weighted by atomic mass is 32.2. The smallest absolute Gasteiger partial charge is 0.262 e. The first kappa shape index (κ1) is 16.0. The van der Waals surface area contributed by atoms with E-state index in [-0.39, 0.29) is 16.1 Å². The number of benzene rings is 2. The number of rotatable bonds is 4. The minimum absolute atomic E-state index is 0.0861. The van der Waals surface area contributed by atoms with Gasteiger partial charge in [0.2, 0.25) is 0 Å². The van der Waals surface area contributed by atoms with Gasteiger partial charge >= 0.3 is 0 Å². The molecule has 1 N–H and O–H groups in total. The Morgan fingerprint density at radius 3 is 2.27 bits per heavy atom. The highest BCUT2D eigenvalue weighted by molar-refractivity contribution is 7.92. The first-order chi connectivity index (χ1) is 10.2. The summed E-state index contributed by atoms with van der Waals surface area (Å²) >= 11 is 0. The lowest BCUT2D eigenvalue weighted by Gasteiger charge is -2.13. The minimum atomic E-state index is -3.79. The van der Waals surface area contributed by atoms with Crippen LogP contribution in [-0.4, -0.2) is 14.4 Å². The van der Waals surface area contributed by atoms with Crippen LogP contribution < -0.4 is 9.83 Å². The molecule has 2 rings (SSSR count). The average Bonchev–Trinajstić information content (AvgIpc) is 2.42. The van der Waals surface area contributed by atoms with Crippen LogP contribution >= 0.6 is 0 Å². The van der Waals surface area contributed by atoms with Gasteiger partial charge in [0.05, 0.1) is 10.9 Å². The first-order valence-corrected chi connectivity index (χ1v) is 8.11. The van der Waals surface area contributed by atoms with Gasteiger partial charge in [0, 0.05) is 5.69 Å². The van der Waals surface area contributed by atoms with Crippen molar-refractivity contribution in [2.45, 2.75) is 25.7 Å². The topological polar surface area (TPSA) is 86.3 Å². The number of hydrogen-bond acceptors (Lipinski definition) is 4. The van der Waals surface area contributed by atoms with E-state index in [0.29, 0.717) is 5.56 Å². The predicted molar refractivity (Wildman–Crippen MR) is 82.2 cm³/mol. The molecule has 5 nitrogen and oxygen atoms in total. The Labute approximate surface area is 129 Å². The number of hydrogen-bond donors (Lipinski definition) is 1. The highest BCUT2D eigenvalue weighted by Gasteiger charge is 2.18. The summed E-state index contributed by atoms with van der Waals surface area (Å²) in [7, 11) is -3.79. The van der Waals surface area contributed by atoms with Crippen molar-refractivity contribution in [1.29, 1.82) is 0 Å². The quantitative estimate of drug-likeness (QED) is 0.931. The van der Waals surface area contributed by atoms with Crippen LogP contribution in [0.3, 0.4) is 0 Å². The number of nitrogens with one attached hydrogen (secondary N) is 1. The summed E-state index contributed by atoms with van der Waals surface area (Å²) in [4.78, 5) is 11.0. The zero-order valence-corrected chi connectivity index (χ0v) is 13.3. The Balaban J connectivity index is 2.42. The molecular weight excluding hydrogens is 302 g/mol. The first-order valence-electron chi connectivity index (χ1n) is 6.63. The number of sulfonamides is 1. The summed E-state index contributed by atoms with van der Waals surface area (Å²) in [6, 6.07) is 8.92. The zero-order valence-electron chi connectivity index (χ0n) is 12.5. The van der Waals surface area contributed by atoms with E-state index in [1.54, 1.807) is 13.0 Å². The van der Waals surface area contributed by atoms with Gasteiger partial charge in [0.1, 0.15) is 0 Å². The third kappa shape index (κ3) is 3.28. The second kappa shape index (κ2) is 5.81. The molecule has 0 aromatic heterocycles. The van der Waals surface area contributed by atoms with Gasteiger partial charge in [-0.1, -0.05) is 18.2 Å². The summed E-state index contributed by atoms with van der Waals surface area (Å²) in [5.41, 5.74) is 2.60. The fraction of sp³-hybridized carbons (Fsp3) is 0.188. The van der Waals surface area contributed by atoms with Crippen molar-refractivity contribution < 1.29 is 18.3 Å². The summed E-state index contributed by atoms with van der Waals surface area (Å²) in [6.07, 6.45) is 0. The van der Waals surface area contributed by atoms with E-state index in [0.717, 1.165) is 11.1 Å². The number of anilines is 1. The monoisotopic (exact) mass is 318 g/mol. The number of aryl methyl sites for hydroxylation is 3. The molecular formula is C16H16NO4S-. The molecule has 0 amide bonds. The third-order valence-electron chi connectivity index (χ3n) is 3.43. The van der Waals surface area contributed by atoms with Gasteiger partial charge in [-0.05, 0) is 61.2 Å². The molecule has 0 aliphatic rings. The van der Waals surface area contributed by atoms with Gasteiger partial charge in [-0.2, -0.15) is 0 Å². The second-order valence-electron chi connectivity index (χ2n) is 5.18. The van der Waals surface area contributed by atoms with Crippen LogP contribution in [0.15, 0.2) is 41.3 Å². The number of carboxylic acids is 1. The minimum Gasteiger partial charge on any atom is -0.545 e. The summed E-state index contributed by atoms with van der Waals surface area (Å²) < 4.78 is 27.4. The SMILES string of the molecule is Cc1cc(C)c(S(=O)(=O)Nc2cccc(C(=O)[O-])c2)cc1C. The standard InChI is InChI=1S/C16H17NO4S/c1-10-7-12(3)15(8-11(10)2)22(20,21)17-14-6-4-5-13(9-14)16(18)19/h4-9,17H,1-3H3,(H,18,19)/p-1. The normalized spacial score (nSPS) is 11.2. The highest BCUT2D eigenvalue weighted by Crippen LogP contribution is 2.23. The Kier molecular flexibility index (Phi) is 4.23. The van der Waals surface area contributed by atoms with E-state index in [1.807, 2.05) is 19.9 Å². The van der Waals surface area contributed by atoms with Crippen LogP contribution in [0.2, 0.25) is 0 Å². The fourth-order valence-electron chi connectivity index (χ4n) is 2.14. The molecule has 22 heavy (non-hydrogen) atoms. The van der Waals surface area contributed by atoms with Crippen LogP contribution in [0, 0.1) is 20.8 Å². The Morgan fingerprint density at radius 2 is 1.64 bits per heavy atom. The van der Waals surface area contributed by atoms with Crippen molar-refractivity contribution >= 4 is 21.7 Å². The molecule has 0 heterocycles. The second-order valence-corrected chi connectivity index (χ2v) is 6.83. The van der Waals surface area contributed by atoms with Crippen molar-refractivity contribution in [1.82, 2.24) is 0 Å². The zero-order chi connectivity index (χ0) is 16.5. The molecule has 0 aliphatic carbocycles. The van der Waals surface area contributed by atoms with E-state index < -0.39 is 16.0 Å². The summed E-state index contributed by atoms with van der Waals surface area (Å²) in [6.45, 7) is 5.47. The molecule has 0 fully saturated rings. The van der Waals surface area contributed by atoms with Crippen molar-refractivity contribution in [2.24, 2.45) is 0 Å². The molecule has 0 spiro atoms. The van der Waals surface area contributed by atoms with E-state index in [9.17, 15) is 18.3 Å². The lowest BCUT2D eigenvalue weighted by molar-refractivity contribution is -0.255. The van der Waals surface area contributed by atoms with Gasteiger partial charge in [-0.25, -0.2) is 8.42 Å². The van der Waals surface area contributed by atoms with Gasteiger partial charge < -0.3 is 9.90 Å². The van der Waals surface area contributed by atoms with E-state index in [2.05, 4.69) is 4.72 Å². The van der Waals surface area contributed by atoms with Gasteiger partial charge in [0.15, 0.2) is 0 Å². The molecule has 0 saturated heterocycles. The van der Waals surface area contributed by atoms with E-state index in [1.165, 1.54) is 24.3 Å². The molecule has 2 aromatic rings. The molecule has 0 atom stereocenters. The maximum atomic E-state index is 12.5. The summed E-state index contributed by atoms with van der Waals surface area (Å²) in [5, 5.41) is 10.8. The van der Waals surface area contributed by atoms with Gasteiger partial charge in [0.25, 0.3) is 10.0 Å². The van der Waals surface area contributed by atoms with Crippen LogP contribution in [0.5, 0.6) is 0 Å².